The SMILES string of the molecule is O=C1OC(c2cccs2)=NC1c1ccccc1. The van der Waals surface area contributed by atoms with Gasteiger partial charge in [-0.05, 0) is 17.0 Å². The summed E-state index contributed by atoms with van der Waals surface area (Å²) in [4.78, 5) is 17.0. The molecule has 3 rings (SSSR count). The molecular formula is C13H9NO2S. The van der Waals surface area contributed by atoms with Crippen molar-refractivity contribution < 1.29 is 9.53 Å². The van der Waals surface area contributed by atoms with Gasteiger partial charge in [0.2, 0.25) is 5.90 Å². The number of thiophene rings is 1. The zero-order valence-corrected chi connectivity index (χ0v) is 9.68. The van der Waals surface area contributed by atoms with Crippen LogP contribution in [0.1, 0.15) is 16.5 Å². The molecule has 1 aliphatic rings. The van der Waals surface area contributed by atoms with Crippen LogP contribution in [-0.2, 0) is 9.53 Å². The van der Waals surface area contributed by atoms with Crippen molar-refractivity contribution in [1.82, 2.24) is 0 Å². The smallest absolute Gasteiger partial charge is 0.342 e. The lowest BCUT2D eigenvalue weighted by Gasteiger charge is -2.01. The standard InChI is InChI=1S/C13H9NO2S/c15-13-11(9-5-2-1-3-6-9)14-12(16-13)10-7-4-8-17-10/h1-8,11H. The second kappa shape index (κ2) is 4.14. The molecule has 0 bridgehead atoms. The van der Waals surface area contributed by atoms with Crippen LogP contribution in [0.4, 0.5) is 0 Å². The van der Waals surface area contributed by atoms with Crippen LogP contribution < -0.4 is 0 Å². The number of aliphatic imine (C=N–C) groups is 1. The fourth-order valence-corrected chi connectivity index (χ4v) is 2.36. The van der Waals surface area contributed by atoms with E-state index in [1.165, 1.54) is 11.3 Å². The predicted octanol–water partition coefficient (Wildman–Crippen LogP) is 2.79. The number of carbonyl (C=O) groups excluding carboxylic acids is 1. The Kier molecular flexibility index (Phi) is 2.49. The largest absolute Gasteiger partial charge is 0.404 e. The van der Waals surface area contributed by atoms with E-state index in [0.717, 1.165) is 10.4 Å². The van der Waals surface area contributed by atoms with E-state index in [9.17, 15) is 4.79 Å². The molecule has 1 aliphatic heterocycles. The molecule has 1 aromatic carbocycles. The molecule has 2 heterocycles. The Bertz CT molecular complexity index is 560. The van der Waals surface area contributed by atoms with Crippen LogP contribution in [0, 0.1) is 0 Å². The summed E-state index contributed by atoms with van der Waals surface area (Å²) in [6, 6.07) is 12.7. The number of ether oxygens (including phenoxy) is 1. The highest BCUT2D eigenvalue weighted by molar-refractivity contribution is 7.12. The van der Waals surface area contributed by atoms with Crippen molar-refractivity contribution >= 4 is 23.2 Å². The molecule has 84 valence electrons. The highest BCUT2D eigenvalue weighted by Gasteiger charge is 2.31. The lowest BCUT2D eigenvalue weighted by molar-refractivity contribution is -0.135. The number of hydrogen-bond acceptors (Lipinski definition) is 4. The quantitative estimate of drug-likeness (QED) is 0.761. The van der Waals surface area contributed by atoms with Crippen molar-refractivity contribution in [3.63, 3.8) is 0 Å². The number of cyclic esters (lactones) is 1. The van der Waals surface area contributed by atoms with Gasteiger partial charge >= 0.3 is 5.97 Å². The molecule has 0 radical (unpaired) electrons. The van der Waals surface area contributed by atoms with Gasteiger partial charge in [-0.25, -0.2) is 9.79 Å². The highest BCUT2D eigenvalue weighted by Crippen LogP contribution is 2.27. The third kappa shape index (κ3) is 1.87. The van der Waals surface area contributed by atoms with Gasteiger partial charge in [-0.1, -0.05) is 36.4 Å². The molecule has 4 heteroatoms. The van der Waals surface area contributed by atoms with Gasteiger partial charge < -0.3 is 4.74 Å². The van der Waals surface area contributed by atoms with Gasteiger partial charge in [0.25, 0.3) is 0 Å². The van der Waals surface area contributed by atoms with Gasteiger partial charge in [0, 0.05) is 0 Å². The monoisotopic (exact) mass is 243 g/mol. The summed E-state index contributed by atoms with van der Waals surface area (Å²) in [5, 5.41) is 1.93. The summed E-state index contributed by atoms with van der Waals surface area (Å²) in [5.41, 5.74) is 0.865. The molecule has 17 heavy (non-hydrogen) atoms. The molecule has 1 unspecified atom stereocenters. The van der Waals surface area contributed by atoms with Crippen LogP contribution in [0.2, 0.25) is 0 Å². The summed E-state index contributed by atoms with van der Waals surface area (Å²) in [6.45, 7) is 0. The number of hydrogen-bond donors (Lipinski definition) is 0. The first-order chi connectivity index (χ1) is 8.34. The van der Waals surface area contributed by atoms with Crippen LogP contribution in [0.25, 0.3) is 0 Å². The maximum absolute atomic E-state index is 11.7. The minimum Gasteiger partial charge on any atom is -0.404 e. The van der Waals surface area contributed by atoms with Crippen molar-refractivity contribution in [1.29, 1.82) is 0 Å². The van der Waals surface area contributed by atoms with E-state index in [1.807, 2.05) is 47.8 Å². The van der Waals surface area contributed by atoms with Crippen LogP contribution in [0.3, 0.4) is 0 Å². The van der Waals surface area contributed by atoms with Gasteiger partial charge in [-0.3, -0.25) is 0 Å². The van der Waals surface area contributed by atoms with Crippen LogP contribution >= 0.6 is 11.3 Å². The maximum atomic E-state index is 11.7. The van der Waals surface area contributed by atoms with Crippen LogP contribution in [0.5, 0.6) is 0 Å². The van der Waals surface area contributed by atoms with E-state index in [4.69, 9.17) is 4.74 Å². The Morgan fingerprint density at radius 2 is 1.94 bits per heavy atom. The topological polar surface area (TPSA) is 38.7 Å². The first-order valence-corrected chi connectivity index (χ1v) is 6.11. The maximum Gasteiger partial charge on any atom is 0.342 e. The normalized spacial score (nSPS) is 18.9. The van der Waals surface area contributed by atoms with Crippen molar-refractivity contribution in [2.45, 2.75) is 6.04 Å². The second-order valence-corrected chi connectivity index (χ2v) is 4.59. The summed E-state index contributed by atoms with van der Waals surface area (Å²) in [7, 11) is 0. The third-order valence-electron chi connectivity index (χ3n) is 2.51. The van der Waals surface area contributed by atoms with Crippen molar-refractivity contribution in [2.24, 2.45) is 4.99 Å². The number of esters is 1. The van der Waals surface area contributed by atoms with E-state index in [1.54, 1.807) is 0 Å². The first-order valence-electron chi connectivity index (χ1n) is 5.23. The van der Waals surface area contributed by atoms with Crippen molar-refractivity contribution in [3.05, 3.63) is 58.3 Å². The molecule has 0 amide bonds. The number of carbonyl (C=O) groups is 1. The molecule has 0 N–H and O–H groups in total. The Hall–Kier alpha value is -1.94. The third-order valence-corrected chi connectivity index (χ3v) is 3.37. The van der Waals surface area contributed by atoms with E-state index in [2.05, 4.69) is 4.99 Å². The molecule has 3 nitrogen and oxygen atoms in total. The van der Waals surface area contributed by atoms with Gasteiger partial charge in [-0.2, -0.15) is 0 Å². The van der Waals surface area contributed by atoms with Gasteiger partial charge in [-0.15, -0.1) is 11.3 Å². The Balaban J connectivity index is 1.95. The van der Waals surface area contributed by atoms with E-state index in [0.29, 0.717) is 5.90 Å². The van der Waals surface area contributed by atoms with Crippen LogP contribution in [-0.4, -0.2) is 11.9 Å². The Labute approximate surface area is 102 Å². The molecular weight excluding hydrogens is 234 g/mol. The molecule has 0 spiro atoms. The minimum absolute atomic E-state index is 0.306. The molecule has 2 aromatic rings. The second-order valence-electron chi connectivity index (χ2n) is 3.65. The lowest BCUT2D eigenvalue weighted by atomic mass is 10.1. The van der Waals surface area contributed by atoms with Crippen LogP contribution in [0.15, 0.2) is 52.8 Å². The Morgan fingerprint density at radius 3 is 2.65 bits per heavy atom. The number of rotatable bonds is 2. The summed E-state index contributed by atoms with van der Waals surface area (Å²) in [6.07, 6.45) is 0. The number of benzene rings is 1. The van der Waals surface area contributed by atoms with Gasteiger partial charge in [0.1, 0.15) is 0 Å². The van der Waals surface area contributed by atoms with Crippen molar-refractivity contribution in [2.75, 3.05) is 0 Å². The summed E-state index contributed by atoms with van der Waals surface area (Å²) < 4.78 is 5.19. The Morgan fingerprint density at radius 1 is 1.12 bits per heavy atom. The van der Waals surface area contributed by atoms with Gasteiger partial charge in [0.15, 0.2) is 6.04 Å². The molecule has 0 saturated carbocycles. The summed E-state index contributed by atoms with van der Waals surface area (Å²) in [5.74, 6) is 0.124. The minimum atomic E-state index is -0.520. The van der Waals surface area contributed by atoms with E-state index < -0.39 is 6.04 Å². The molecule has 0 aliphatic carbocycles. The fourth-order valence-electron chi connectivity index (χ4n) is 1.71. The van der Waals surface area contributed by atoms with Crippen molar-refractivity contribution in [3.8, 4) is 0 Å². The first kappa shape index (κ1) is 10.2. The average molecular weight is 243 g/mol. The van der Waals surface area contributed by atoms with Gasteiger partial charge in [0.05, 0.1) is 4.88 Å². The molecule has 1 aromatic heterocycles. The zero-order valence-electron chi connectivity index (χ0n) is 8.87. The fraction of sp³-hybridized carbons (Fsp3) is 0.0769. The molecule has 0 fully saturated rings. The van der Waals surface area contributed by atoms with E-state index in [-0.39, 0.29) is 5.97 Å². The average Bonchev–Trinajstić information content (AvgIpc) is 2.99. The zero-order chi connectivity index (χ0) is 11.7. The molecule has 1 atom stereocenters. The molecule has 0 saturated heterocycles. The predicted molar refractivity (Wildman–Crippen MR) is 66.1 cm³/mol. The van der Waals surface area contributed by atoms with E-state index >= 15 is 0 Å². The number of nitrogens with zero attached hydrogens (tertiary/aromatic N) is 1. The lowest BCUT2D eigenvalue weighted by Crippen LogP contribution is -2.08. The summed E-state index contributed by atoms with van der Waals surface area (Å²) >= 11 is 1.51. The highest BCUT2D eigenvalue weighted by atomic mass is 32.1.